The van der Waals surface area contributed by atoms with Crippen molar-refractivity contribution in [3.05, 3.63) is 57.4 Å². The van der Waals surface area contributed by atoms with E-state index in [0.29, 0.717) is 30.5 Å². The topological polar surface area (TPSA) is 53.2 Å². The molecular formula is C19H24N2O3. The van der Waals surface area contributed by atoms with Crippen LogP contribution in [0.2, 0.25) is 0 Å². The SMILES string of the molecule is CCOc1ccccc1-n1ccn(CC2CCCCC2)c(=O)c1=O. The molecule has 0 atom stereocenters. The molecule has 0 spiro atoms. The minimum Gasteiger partial charge on any atom is -0.492 e. The summed E-state index contributed by atoms with van der Waals surface area (Å²) >= 11 is 0. The summed E-state index contributed by atoms with van der Waals surface area (Å²) in [6, 6.07) is 7.28. The molecular weight excluding hydrogens is 304 g/mol. The number of aromatic nitrogens is 2. The van der Waals surface area contributed by atoms with E-state index in [4.69, 9.17) is 4.74 Å². The van der Waals surface area contributed by atoms with Gasteiger partial charge >= 0.3 is 11.1 Å². The Morgan fingerprint density at radius 3 is 2.54 bits per heavy atom. The molecule has 1 saturated carbocycles. The Labute approximate surface area is 141 Å². The molecule has 0 unspecified atom stereocenters. The van der Waals surface area contributed by atoms with E-state index in [2.05, 4.69) is 0 Å². The number of nitrogens with zero attached hydrogens (tertiary/aromatic N) is 2. The van der Waals surface area contributed by atoms with E-state index in [1.807, 2.05) is 19.1 Å². The summed E-state index contributed by atoms with van der Waals surface area (Å²) in [5.41, 5.74) is -0.388. The van der Waals surface area contributed by atoms with Crippen molar-refractivity contribution in [3.8, 4) is 11.4 Å². The van der Waals surface area contributed by atoms with Gasteiger partial charge in [0.1, 0.15) is 5.75 Å². The van der Waals surface area contributed by atoms with Crippen molar-refractivity contribution in [3.63, 3.8) is 0 Å². The molecule has 1 heterocycles. The Balaban J connectivity index is 1.93. The van der Waals surface area contributed by atoms with Crippen LogP contribution in [0.4, 0.5) is 0 Å². The van der Waals surface area contributed by atoms with Crippen molar-refractivity contribution in [2.75, 3.05) is 6.61 Å². The Morgan fingerprint density at radius 2 is 1.79 bits per heavy atom. The zero-order chi connectivity index (χ0) is 16.9. The number of benzene rings is 1. The van der Waals surface area contributed by atoms with Crippen LogP contribution in [0.5, 0.6) is 5.75 Å². The second-order valence-electron chi connectivity index (χ2n) is 6.34. The van der Waals surface area contributed by atoms with Gasteiger partial charge < -0.3 is 9.30 Å². The summed E-state index contributed by atoms with van der Waals surface area (Å²) in [6.45, 7) is 3.04. The van der Waals surface area contributed by atoms with E-state index in [-0.39, 0.29) is 0 Å². The lowest BCUT2D eigenvalue weighted by molar-refractivity contribution is 0.314. The van der Waals surface area contributed by atoms with Crippen LogP contribution >= 0.6 is 0 Å². The van der Waals surface area contributed by atoms with Crippen molar-refractivity contribution in [2.45, 2.75) is 45.6 Å². The highest BCUT2D eigenvalue weighted by molar-refractivity contribution is 5.46. The van der Waals surface area contributed by atoms with Crippen molar-refractivity contribution >= 4 is 0 Å². The minimum atomic E-state index is -0.527. The fourth-order valence-corrected chi connectivity index (χ4v) is 3.42. The highest BCUT2D eigenvalue weighted by Crippen LogP contribution is 2.24. The van der Waals surface area contributed by atoms with Gasteiger partial charge in [0.25, 0.3) is 0 Å². The molecule has 0 N–H and O–H groups in total. The Morgan fingerprint density at radius 1 is 1.04 bits per heavy atom. The van der Waals surface area contributed by atoms with Gasteiger partial charge in [0.05, 0.1) is 12.3 Å². The smallest absolute Gasteiger partial charge is 0.321 e. The fourth-order valence-electron chi connectivity index (χ4n) is 3.42. The maximum atomic E-state index is 12.6. The summed E-state index contributed by atoms with van der Waals surface area (Å²) in [5.74, 6) is 1.11. The second kappa shape index (κ2) is 7.51. The third kappa shape index (κ3) is 3.45. The normalized spacial score (nSPS) is 15.4. The van der Waals surface area contributed by atoms with Gasteiger partial charge in [-0.1, -0.05) is 31.4 Å². The molecule has 5 nitrogen and oxygen atoms in total. The van der Waals surface area contributed by atoms with Crippen LogP contribution in [-0.4, -0.2) is 15.7 Å². The van der Waals surface area contributed by atoms with E-state index in [0.717, 1.165) is 12.8 Å². The fraction of sp³-hybridized carbons (Fsp3) is 0.474. The number of ether oxygens (including phenoxy) is 1. The van der Waals surface area contributed by atoms with Gasteiger partial charge in [0.15, 0.2) is 0 Å². The van der Waals surface area contributed by atoms with Gasteiger partial charge in [0.2, 0.25) is 0 Å². The first-order valence-corrected chi connectivity index (χ1v) is 8.75. The monoisotopic (exact) mass is 328 g/mol. The van der Waals surface area contributed by atoms with E-state index < -0.39 is 11.1 Å². The molecule has 1 aromatic heterocycles. The van der Waals surface area contributed by atoms with E-state index in [9.17, 15) is 9.59 Å². The average molecular weight is 328 g/mol. The summed E-state index contributed by atoms with van der Waals surface area (Å²) in [6.07, 6.45) is 9.40. The molecule has 1 fully saturated rings. The molecule has 1 aliphatic rings. The molecule has 5 heteroatoms. The Bertz CT molecular complexity index is 801. The first-order chi connectivity index (χ1) is 11.7. The molecule has 2 aromatic rings. The Hall–Kier alpha value is -2.30. The van der Waals surface area contributed by atoms with Gasteiger partial charge in [-0.05, 0) is 37.8 Å². The van der Waals surface area contributed by atoms with Crippen LogP contribution < -0.4 is 15.9 Å². The summed E-state index contributed by atoms with van der Waals surface area (Å²) in [7, 11) is 0. The number of hydrogen-bond donors (Lipinski definition) is 0. The molecule has 128 valence electrons. The maximum Gasteiger partial charge on any atom is 0.321 e. The lowest BCUT2D eigenvalue weighted by atomic mass is 9.89. The summed E-state index contributed by atoms with van der Waals surface area (Å²) in [4.78, 5) is 25.1. The predicted molar refractivity (Wildman–Crippen MR) is 94.0 cm³/mol. The van der Waals surface area contributed by atoms with Gasteiger partial charge in [-0.2, -0.15) is 0 Å². The van der Waals surface area contributed by atoms with Crippen LogP contribution in [0.1, 0.15) is 39.0 Å². The third-order valence-corrected chi connectivity index (χ3v) is 4.66. The van der Waals surface area contributed by atoms with Gasteiger partial charge in [-0.15, -0.1) is 0 Å². The molecule has 0 radical (unpaired) electrons. The largest absolute Gasteiger partial charge is 0.492 e. The van der Waals surface area contributed by atoms with E-state index in [1.165, 1.54) is 23.8 Å². The minimum absolute atomic E-state index is 0.464. The highest BCUT2D eigenvalue weighted by atomic mass is 16.5. The number of hydrogen-bond acceptors (Lipinski definition) is 3. The molecule has 0 bridgehead atoms. The molecule has 24 heavy (non-hydrogen) atoms. The van der Waals surface area contributed by atoms with Crippen molar-refractivity contribution in [1.82, 2.24) is 9.13 Å². The van der Waals surface area contributed by atoms with Gasteiger partial charge in [0, 0.05) is 18.9 Å². The zero-order valence-corrected chi connectivity index (χ0v) is 14.1. The molecule has 0 amide bonds. The molecule has 0 aliphatic heterocycles. The molecule has 3 rings (SSSR count). The third-order valence-electron chi connectivity index (χ3n) is 4.66. The first-order valence-electron chi connectivity index (χ1n) is 8.75. The summed E-state index contributed by atoms with van der Waals surface area (Å²) in [5, 5.41) is 0. The summed E-state index contributed by atoms with van der Waals surface area (Å²) < 4.78 is 8.52. The molecule has 1 aromatic carbocycles. The quantitative estimate of drug-likeness (QED) is 0.793. The predicted octanol–water partition coefficient (Wildman–Crippen LogP) is 2.98. The standard InChI is InChI=1S/C19H24N2O3/c1-2-24-17-11-7-6-10-16(17)21-13-12-20(18(22)19(21)23)14-15-8-4-3-5-9-15/h6-7,10-13,15H,2-5,8-9,14H2,1H3. The molecule has 1 aliphatic carbocycles. The van der Waals surface area contributed by atoms with Crippen molar-refractivity contribution < 1.29 is 4.74 Å². The number of para-hydroxylation sites is 2. The van der Waals surface area contributed by atoms with Gasteiger partial charge in [-0.25, -0.2) is 0 Å². The van der Waals surface area contributed by atoms with Gasteiger partial charge in [-0.3, -0.25) is 14.2 Å². The highest BCUT2D eigenvalue weighted by Gasteiger charge is 2.16. The van der Waals surface area contributed by atoms with Crippen LogP contribution in [-0.2, 0) is 6.54 Å². The molecule has 0 saturated heterocycles. The lowest BCUT2D eigenvalue weighted by Crippen LogP contribution is -2.41. The van der Waals surface area contributed by atoms with Crippen molar-refractivity contribution in [2.24, 2.45) is 5.92 Å². The zero-order valence-electron chi connectivity index (χ0n) is 14.1. The Kier molecular flexibility index (Phi) is 5.18. The van der Waals surface area contributed by atoms with Crippen LogP contribution in [0.15, 0.2) is 46.2 Å². The second-order valence-corrected chi connectivity index (χ2v) is 6.34. The van der Waals surface area contributed by atoms with E-state index >= 15 is 0 Å². The van der Waals surface area contributed by atoms with Crippen molar-refractivity contribution in [1.29, 1.82) is 0 Å². The van der Waals surface area contributed by atoms with Crippen LogP contribution in [0, 0.1) is 5.92 Å². The number of rotatable bonds is 5. The maximum absolute atomic E-state index is 12.6. The first kappa shape index (κ1) is 16.6. The van der Waals surface area contributed by atoms with Crippen LogP contribution in [0.3, 0.4) is 0 Å². The average Bonchev–Trinajstić information content (AvgIpc) is 2.61. The van der Waals surface area contributed by atoms with E-state index in [1.54, 1.807) is 29.1 Å². The lowest BCUT2D eigenvalue weighted by Gasteiger charge is -2.22. The van der Waals surface area contributed by atoms with Crippen LogP contribution in [0.25, 0.3) is 5.69 Å².